The molecule has 3 rings (SSSR count). The molecule has 1 fully saturated rings. The average molecular weight is 323 g/mol. The summed E-state index contributed by atoms with van der Waals surface area (Å²) in [6.45, 7) is 2.33. The van der Waals surface area contributed by atoms with Crippen LogP contribution in [0, 0.1) is 0 Å². The highest BCUT2D eigenvalue weighted by atomic mass is 35.5. The molecule has 1 amide bonds. The lowest BCUT2D eigenvalue weighted by atomic mass is 10.0. The number of nitrogens with zero attached hydrogens (tertiary/aromatic N) is 4. The zero-order valence-corrected chi connectivity index (χ0v) is 13.1. The third kappa shape index (κ3) is 3.07. The molecular weight excluding hydrogens is 308 g/mol. The van der Waals surface area contributed by atoms with E-state index in [0.29, 0.717) is 16.0 Å². The summed E-state index contributed by atoms with van der Waals surface area (Å²) >= 11 is 6.91. The highest BCUT2D eigenvalue weighted by molar-refractivity contribution is 7.17. The van der Waals surface area contributed by atoms with Gasteiger partial charge < -0.3 is 9.80 Å². The van der Waals surface area contributed by atoms with E-state index in [1.165, 1.54) is 0 Å². The van der Waals surface area contributed by atoms with Crippen molar-refractivity contribution in [2.24, 2.45) is 0 Å². The summed E-state index contributed by atoms with van der Waals surface area (Å²) in [6, 6.07) is 10.1. The Kier molecular flexibility index (Phi) is 4.19. The SMILES string of the molecule is CN1CCN(C(=O)c2nnc(Cl)s2)C(c2ccccc2)C1. The molecule has 1 aliphatic heterocycles. The molecule has 1 unspecified atom stereocenters. The maximum absolute atomic E-state index is 12.7. The molecule has 0 radical (unpaired) electrons. The van der Waals surface area contributed by atoms with Gasteiger partial charge in [0.2, 0.25) is 9.47 Å². The largest absolute Gasteiger partial charge is 0.327 e. The topological polar surface area (TPSA) is 49.3 Å². The van der Waals surface area contributed by atoms with Crippen LogP contribution in [-0.4, -0.2) is 52.6 Å². The first-order valence-electron chi connectivity index (χ1n) is 6.68. The predicted molar refractivity (Wildman–Crippen MR) is 82.6 cm³/mol. The van der Waals surface area contributed by atoms with Gasteiger partial charge in [0.15, 0.2) is 0 Å². The molecule has 0 saturated carbocycles. The lowest BCUT2D eigenvalue weighted by Crippen LogP contribution is -2.49. The molecule has 0 spiro atoms. The molecule has 1 aromatic heterocycles. The lowest BCUT2D eigenvalue weighted by molar-refractivity contribution is 0.0497. The molecule has 7 heteroatoms. The van der Waals surface area contributed by atoms with E-state index in [1.807, 2.05) is 23.1 Å². The number of hydrogen-bond donors (Lipinski definition) is 0. The van der Waals surface area contributed by atoms with Gasteiger partial charge in [-0.15, -0.1) is 10.2 Å². The van der Waals surface area contributed by atoms with E-state index < -0.39 is 0 Å². The second-order valence-electron chi connectivity index (χ2n) is 5.05. The average Bonchev–Trinajstić information content (AvgIpc) is 2.94. The first-order chi connectivity index (χ1) is 10.1. The van der Waals surface area contributed by atoms with Crippen LogP contribution in [-0.2, 0) is 0 Å². The Morgan fingerprint density at radius 2 is 2.05 bits per heavy atom. The summed E-state index contributed by atoms with van der Waals surface area (Å²) in [5.74, 6) is -0.0960. The number of rotatable bonds is 2. The maximum Gasteiger partial charge on any atom is 0.285 e. The predicted octanol–water partition coefficient (Wildman–Crippen LogP) is 2.32. The highest BCUT2D eigenvalue weighted by Crippen LogP contribution is 2.27. The molecule has 110 valence electrons. The minimum atomic E-state index is -0.0960. The van der Waals surface area contributed by atoms with Gasteiger partial charge in [0, 0.05) is 19.6 Å². The summed E-state index contributed by atoms with van der Waals surface area (Å²) < 4.78 is 0.295. The molecule has 0 aliphatic carbocycles. The van der Waals surface area contributed by atoms with Crippen LogP contribution >= 0.6 is 22.9 Å². The molecule has 2 aromatic rings. The van der Waals surface area contributed by atoms with Crippen LogP contribution < -0.4 is 0 Å². The molecule has 1 aliphatic rings. The van der Waals surface area contributed by atoms with Gasteiger partial charge in [-0.3, -0.25) is 4.79 Å². The first kappa shape index (κ1) is 14.4. The first-order valence-corrected chi connectivity index (χ1v) is 7.88. The maximum atomic E-state index is 12.7. The Bertz CT molecular complexity index is 633. The van der Waals surface area contributed by atoms with Gasteiger partial charge in [0.1, 0.15) is 0 Å². The van der Waals surface area contributed by atoms with Gasteiger partial charge in [0.05, 0.1) is 6.04 Å². The normalized spacial score (nSPS) is 19.7. The second-order valence-corrected chi connectivity index (χ2v) is 6.61. The Morgan fingerprint density at radius 3 is 2.71 bits per heavy atom. The van der Waals surface area contributed by atoms with Gasteiger partial charge in [-0.1, -0.05) is 41.7 Å². The summed E-state index contributed by atoms with van der Waals surface area (Å²) in [5.41, 5.74) is 1.13. The van der Waals surface area contributed by atoms with Crippen LogP contribution in [0.2, 0.25) is 4.47 Å². The van der Waals surface area contributed by atoms with Gasteiger partial charge in [0.25, 0.3) is 5.91 Å². The summed E-state index contributed by atoms with van der Waals surface area (Å²) in [5, 5.41) is 7.94. The Labute approximate surface area is 132 Å². The van der Waals surface area contributed by atoms with Crippen molar-refractivity contribution in [2.45, 2.75) is 6.04 Å². The van der Waals surface area contributed by atoms with E-state index in [1.54, 1.807) is 0 Å². The quantitative estimate of drug-likeness (QED) is 0.851. The fourth-order valence-corrected chi connectivity index (χ4v) is 3.32. The van der Waals surface area contributed by atoms with Gasteiger partial charge >= 0.3 is 0 Å². The smallest absolute Gasteiger partial charge is 0.285 e. The van der Waals surface area contributed by atoms with Crippen molar-refractivity contribution in [3.63, 3.8) is 0 Å². The number of carbonyl (C=O) groups is 1. The number of halogens is 1. The van der Waals surface area contributed by atoms with Crippen molar-refractivity contribution < 1.29 is 4.79 Å². The zero-order valence-electron chi connectivity index (χ0n) is 11.6. The van der Waals surface area contributed by atoms with Gasteiger partial charge in [-0.2, -0.15) is 0 Å². The highest BCUT2D eigenvalue weighted by Gasteiger charge is 2.32. The zero-order chi connectivity index (χ0) is 14.8. The van der Waals surface area contributed by atoms with Crippen LogP contribution in [0.1, 0.15) is 21.4 Å². The fraction of sp³-hybridized carbons (Fsp3) is 0.357. The van der Waals surface area contributed by atoms with Crippen LogP contribution in [0.15, 0.2) is 30.3 Å². The summed E-state index contributed by atoms with van der Waals surface area (Å²) in [4.78, 5) is 16.8. The van der Waals surface area contributed by atoms with Crippen molar-refractivity contribution in [2.75, 3.05) is 26.7 Å². The summed E-state index contributed by atoms with van der Waals surface area (Å²) in [7, 11) is 2.07. The number of carbonyl (C=O) groups excluding carboxylic acids is 1. The molecule has 21 heavy (non-hydrogen) atoms. The number of likely N-dealkylation sites (N-methyl/N-ethyl adjacent to an activating group) is 1. The number of amides is 1. The molecule has 1 atom stereocenters. The van der Waals surface area contributed by atoms with Crippen LogP contribution in [0.4, 0.5) is 0 Å². The molecule has 5 nitrogen and oxygen atoms in total. The van der Waals surface area contributed by atoms with Crippen molar-refractivity contribution in [1.82, 2.24) is 20.0 Å². The van der Waals surface area contributed by atoms with Gasteiger partial charge in [-0.05, 0) is 24.2 Å². The van der Waals surface area contributed by atoms with E-state index >= 15 is 0 Å². The van der Waals surface area contributed by atoms with E-state index in [4.69, 9.17) is 11.6 Å². The van der Waals surface area contributed by atoms with Crippen molar-refractivity contribution in [1.29, 1.82) is 0 Å². The molecule has 0 N–H and O–H groups in total. The molecule has 1 saturated heterocycles. The van der Waals surface area contributed by atoms with Crippen LogP contribution in [0.25, 0.3) is 0 Å². The standard InChI is InChI=1S/C14H15ClN4OS/c1-18-7-8-19(13(20)12-16-17-14(15)21-12)11(9-18)10-5-3-2-4-6-10/h2-6,11H,7-9H2,1H3. The summed E-state index contributed by atoms with van der Waals surface area (Å²) in [6.07, 6.45) is 0. The number of piperazine rings is 1. The van der Waals surface area contributed by atoms with Crippen molar-refractivity contribution in [3.05, 3.63) is 45.4 Å². The Hall–Kier alpha value is -1.50. The van der Waals surface area contributed by atoms with Crippen molar-refractivity contribution >= 4 is 28.8 Å². The van der Waals surface area contributed by atoms with E-state index in [0.717, 1.165) is 30.0 Å². The Balaban J connectivity index is 1.89. The van der Waals surface area contributed by atoms with Crippen LogP contribution in [0.5, 0.6) is 0 Å². The minimum Gasteiger partial charge on any atom is -0.327 e. The molecular formula is C14H15ClN4OS. The minimum absolute atomic E-state index is 0.0279. The third-order valence-corrected chi connectivity index (χ3v) is 4.62. The number of aromatic nitrogens is 2. The fourth-order valence-electron chi connectivity index (χ4n) is 2.54. The molecule has 1 aromatic carbocycles. The van der Waals surface area contributed by atoms with E-state index in [9.17, 15) is 4.79 Å². The lowest BCUT2D eigenvalue weighted by Gasteiger charge is -2.39. The van der Waals surface area contributed by atoms with Crippen LogP contribution in [0.3, 0.4) is 0 Å². The van der Waals surface area contributed by atoms with Gasteiger partial charge in [-0.25, -0.2) is 0 Å². The number of benzene rings is 1. The third-order valence-electron chi connectivity index (χ3n) is 3.61. The second kappa shape index (κ2) is 6.09. The van der Waals surface area contributed by atoms with E-state index in [2.05, 4.69) is 34.3 Å². The van der Waals surface area contributed by atoms with Crippen molar-refractivity contribution in [3.8, 4) is 0 Å². The molecule has 0 bridgehead atoms. The molecule has 2 heterocycles. The monoisotopic (exact) mass is 322 g/mol. The number of hydrogen-bond acceptors (Lipinski definition) is 5. The Morgan fingerprint density at radius 1 is 1.29 bits per heavy atom. The van der Waals surface area contributed by atoms with E-state index in [-0.39, 0.29) is 11.9 Å².